The molecule has 0 amide bonds. The fraction of sp³-hybridized carbons (Fsp3) is 0.269. The zero-order chi connectivity index (χ0) is 22.5. The smallest absolute Gasteiger partial charge is 0.306 e. The molecule has 6 heteroatoms. The van der Waals surface area contributed by atoms with Crippen molar-refractivity contribution in [3.8, 4) is 5.75 Å². The summed E-state index contributed by atoms with van der Waals surface area (Å²) in [5.41, 5.74) is 2.12. The van der Waals surface area contributed by atoms with Crippen LogP contribution in [0, 0.1) is 17.6 Å². The highest BCUT2D eigenvalue weighted by atomic mass is 19.1. The molecule has 1 unspecified atom stereocenters. The van der Waals surface area contributed by atoms with Gasteiger partial charge < -0.3 is 9.84 Å². The Hall–Kier alpha value is -3.25. The van der Waals surface area contributed by atoms with Gasteiger partial charge in [0.2, 0.25) is 0 Å². The number of rotatable bonds is 7. The van der Waals surface area contributed by atoms with Crippen LogP contribution in [0.5, 0.6) is 5.75 Å². The van der Waals surface area contributed by atoms with Gasteiger partial charge >= 0.3 is 5.97 Å². The van der Waals surface area contributed by atoms with Crippen LogP contribution in [-0.4, -0.2) is 29.1 Å². The van der Waals surface area contributed by atoms with E-state index in [0.29, 0.717) is 43.9 Å². The minimum atomic E-state index is -0.805. The molecule has 1 aliphatic heterocycles. The number of nitrogens with zero attached hydrogens (tertiary/aromatic N) is 1. The lowest BCUT2D eigenvalue weighted by Crippen LogP contribution is -2.39. The summed E-state index contributed by atoms with van der Waals surface area (Å²) in [4.78, 5) is 13.5. The fourth-order valence-corrected chi connectivity index (χ4v) is 4.26. The van der Waals surface area contributed by atoms with E-state index in [1.54, 1.807) is 0 Å². The number of piperidine rings is 1. The van der Waals surface area contributed by atoms with Gasteiger partial charge in [-0.2, -0.15) is 0 Å². The number of halogens is 2. The third kappa shape index (κ3) is 4.97. The van der Waals surface area contributed by atoms with Crippen molar-refractivity contribution < 1.29 is 23.4 Å². The van der Waals surface area contributed by atoms with Crippen LogP contribution in [0.2, 0.25) is 0 Å². The molecule has 0 radical (unpaired) electrons. The first-order valence-electron chi connectivity index (χ1n) is 10.7. The largest absolute Gasteiger partial charge is 0.489 e. The van der Waals surface area contributed by atoms with E-state index < -0.39 is 29.6 Å². The second-order valence-electron chi connectivity index (χ2n) is 8.03. The summed E-state index contributed by atoms with van der Waals surface area (Å²) < 4.78 is 34.7. The van der Waals surface area contributed by atoms with Crippen molar-refractivity contribution in [3.05, 3.63) is 101 Å². The maximum atomic E-state index is 14.9. The molecule has 3 aromatic rings. The SMILES string of the molecule is O=C(O)C1CCN(C(c2ccc(F)cc2F)c2ccccc2OCc2ccccc2)CC1. The number of ether oxygens (including phenoxy) is 1. The molecule has 1 saturated heterocycles. The van der Waals surface area contributed by atoms with E-state index in [-0.39, 0.29) is 0 Å². The van der Waals surface area contributed by atoms with Crippen molar-refractivity contribution in [1.29, 1.82) is 0 Å². The van der Waals surface area contributed by atoms with Gasteiger partial charge in [-0.3, -0.25) is 9.69 Å². The van der Waals surface area contributed by atoms with E-state index in [1.807, 2.05) is 54.6 Å². The zero-order valence-corrected chi connectivity index (χ0v) is 17.6. The van der Waals surface area contributed by atoms with Gasteiger partial charge in [0, 0.05) is 17.2 Å². The third-order valence-corrected chi connectivity index (χ3v) is 5.95. The second kappa shape index (κ2) is 9.92. The van der Waals surface area contributed by atoms with Crippen LogP contribution < -0.4 is 4.74 Å². The molecule has 4 nitrogen and oxygen atoms in total. The van der Waals surface area contributed by atoms with E-state index in [1.165, 1.54) is 12.1 Å². The zero-order valence-electron chi connectivity index (χ0n) is 17.6. The summed E-state index contributed by atoms with van der Waals surface area (Å²) in [7, 11) is 0. The number of likely N-dealkylation sites (tertiary alicyclic amines) is 1. The van der Waals surface area contributed by atoms with Crippen molar-refractivity contribution in [2.45, 2.75) is 25.5 Å². The predicted octanol–water partition coefficient (Wildman–Crippen LogP) is 5.43. The Morgan fingerprint density at radius 3 is 2.34 bits per heavy atom. The predicted molar refractivity (Wildman–Crippen MR) is 117 cm³/mol. The van der Waals surface area contributed by atoms with Gasteiger partial charge in [-0.1, -0.05) is 54.6 Å². The van der Waals surface area contributed by atoms with Crippen LogP contribution in [0.4, 0.5) is 8.78 Å². The van der Waals surface area contributed by atoms with Crippen molar-refractivity contribution in [1.82, 2.24) is 4.90 Å². The summed E-state index contributed by atoms with van der Waals surface area (Å²) in [6, 6.07) is 20.3. The Kier molecular flexibility index (Phi) is 6.81. The van der Waals surface area contributed by atoms with Crippen molar-refractivity contribution in [2.75, 3.05) is 13.1 Å². The normalized spacial score (nSPS) is 15.9. The topological polar surface area (TPSA) is 49.8 Å². The molecule has 4 rings (SSSR count). The molecule has 32 heavy (non-hydrogen) atoms. The lowest BCUT2D eigenvalue weighted by atomic mass is 9.90. The number of carbonyl (C=O) groups is 1. The summed E-state index contributed by atoms with van der Waals surface area (Å²) in [5.74, 6) is -1.86. The van der Waals surface area contributed by atoms with E-state index in [0.717, 1.165) is 17.2 Å². The fourth-order valence-electron chi connectivity index (χ4n) is 4.26. The van der Waals surface area contributed by atoms with Gasteiger partial charge in [0.25, 0.3) is 0 Å². The first-order chi connectivity index (χ1) is 15.5. The highest BCUT2D eigenvalue weighted by Gasteiger charge is 2.33. The monoisotopic (exact) mass is 437 g/mol. The first-order valence-corrected chi connectivity index (χ1v) is 10.7. The molecule has 1 fully saturated rings. The van der Waals surface area contributed by atoms with Gasteiger partial charge in [0.1, 0.15) is 24.0 Å². The first kappa shape index (κ1) is 22.0. The number of carboxylic acids is 1. The molecule has 0 aromatic heterocycles. The Morgan fingerprint density at radius 2 is 1.66 bits per heavy atom. The number of para-hydroxylation sites is 1. The van der Waals surface area contributed by atoms with Gasteiger partial charge in [0.15, 0.2) is 0 Å². The van der Waals surface area contributed by atoms with Gasteiger partial charge in [-0.05, 0) is 43.6 Å². The minimum Gasteiger partial charge on any atom is -0.489 e. The Balaban J connectivity index is 1.68. The van der Waals surface area contributed by atoms with E-state index in [2.05, 4.69) is 4.90 Å². The van der Waals surface area contributed by atoms with Gasteiger partial charge in [-0.25, -0.2) is 8.78 Å². The molecule has 0 spiro atoms. The standard InChI is InChI=1S/C26H25F2NO3/c27-20-10-11-21(23(28)16-20)25(29-14-12-19(13-15-29)26(30)31)22-8-4-5-9-24(22)32-17-18-6-2-1-3-7-18/h1-11,16,19,25H,12-15,17H2,(H,30,31). The van der Waals surface area contributed by atoms with Crippen LogP contribution >= 0.6 is 0 Å². The van der Waals surface area contributed by atoms with Crippen molar-refractivity contribution >= 4 is 5.97 Å². The maximum Gasteiger partial charge on any atom is 0.306 e. The maximum absolute atomic E-state index is 14.9. The number of benzene rings is 3. The average molecular weight is 437 g/mol. The van der Waals surface area contributed by atoms with Crippen LogP contribution in [0.1, 0.15) is 35.6 Å². The number of carboxylic acid groups (broad SMARTS) is 1. The van der Waals surface area contributed by atoms with Crippen LogP contribution in [0.15, 0.2) is 72.8 Å². The Morgan fingerprint density at radius 1 is 0.969 bits per heavy atom. The summed E-state index contributed by atoms with van der Waals surface area (Å²) in [6.45, 7) is 1.34. The van der Waals surface area contributed by atoms with Gasteiger partial charge in [0.05, 0.1) is 12.0 Å². The molecule has 1 aliphatic rings. The Bertz CT molecular complexity index is 1070. The molecule has 0 bridgehead atoms. The lowest BCUT2D eigenvalue weighted by Gasteiger charge is -2.37. The third-order valence-electron chi connectivity index (χ3n) is 5.95. The number of hydrogen-bond acceptors (Lipinski definition) is 3. The second-order valence-corrected chi connectivity index (χ2v) is 8.03. The minimum absolute atomic E-state index is 0.343. The molecule has 0 aliphatic carbocycles. The van der Waals surface area contributed by atoms with Crippen molar-refractivity contribution in [3.63, 3.8) is 0 Å². The van der Waals surface area contributed by atoms with E-state index in [4.69, 9.17) is 4.74 Å². The summed E-state index contributed by atoms with van der Waals surface area (Å²) >= 11 is 0. The number of hydrogen-bond donors (Lipinski definition) is 1. The number of aliphatic carboxylic acids is 1. The highest BCUT2D eigenvalue weighted by Crippen LogP contribution is 2.38. The molecule has 1 atom stereocenters. The molecular weight excluding hydrogens is 412 g/mol. The van der Waals surface area contributed by atoms with Crippen molar-refractivity contribution in [2.24, 2.45) is 5.92 Å². The van der Waals surface area contributed by atoms with Crippen LogP contribution in [0.25, 0.3) is 0 Å². The molecule has 1 heterocycles. The quantitative estimate of drug-likeness (QED) is 0.536. The molecule has 1 N–H and O–H groups in total. The van der Waals surface area contributed by atoms with Crippen LogP contribution in [0.3, 0.4) is 0 Å². The average Bonchev–Trinajstić information content (AvgIpc) is 2.81. The Labute approximate surface area is 186 Å². The molecule has 0 saturated carbocycles. The van der Waals surface area contributed by atoms with Gasteiger partial charge in [-0.15, -0.1) is 0 Å². The summed E-state index contributed by atoms with van der Waals surface area (Å²) in [6.07, 6.45) is 0.948. The molecule has 166 valence electrons. The summed E-state index contributed by atoms with van der Waals surface area (Å²) in [5, 5.41) is 9.35. The van der Waals surface area contributed by atoms with E-state index >= 15 is 0 Å². The van der Waals surface area contributed by atoms with E-state index in [9.17, 15) is 18.7 Å². The van der Waals surface area contributed by atoms with Crippen LogP contribution in [-0.2, 0) is 11.4 Å². The highest BCUT2D eigenvalue weighted by molar-refractivity contribution is 5.70. The lowest BCUT2D eigenvalue weighted by molar-refractivity contribution is -0.143. The molecule has 3 aromatic carbocycles. The molecular formula is C26H25F2NO3.